The number of carbonyl (C=O) groups is 1. The van der Waals surface area contributed by atoms with E-state index in [9.17, 15) is 4.79 Å². The molecular weight excluding hydrogens is 399 g/mol. The lowest BCUT2D eigenvalue weighted by atomic mass is 9.95. The van der Waals surface area contributed by atoms with Gasteiger partial charge in [-0.1, -0.05) is 52.6 Å². The van der Waals surface area contributed by atoms with Crippen LogP contribution in [0.5, 0.6) is 0 Å². The molecule has 1 aliphatic heterocycles. The Morgan fingerprint density at radius 3 is 2.68 bits per heavy atom. The Kier molecular flexibility index (Phi) is 4.78. The second kappa shape index (κ2) is 7.26. The highest BCUT2D eigenvalue weighted by Gasteiger charge is 2.34. The van der Waals surface area contributed by atoms with Crippen LogP contribution in [-0.2, 0) is 4.79 Å². The maximum atomic E-state index is 13.2. The van der Waals surface area contributed by atoms with Gasteiger partial charge in [0.2, 0.25) is 5.95 Å². The Hall–Kier alpha value is -2.90. The fourth-order valence-electron chi connectivity index (χ4n) is 3.20. The quantitative estimate of drug-likeness (QED) is 0.669. The van der Waals surface area contributed by atoms with E-state index in [0.717, 1.165) is 16.8 Å². The molecule has 0 saturated carbocycles. The van der Waals surface area contributed by atoms with Gasteiger partial charge in [0, 0.05) is 11.4 Å². The van der Waals surface area contributed by atoms with Crippen LogP contribution < -0.4 is 10.6 Å². The van der Waals surface area contributed by atoms with E-state index in [4.69, 9.17) is 23.2 Å². The first-order chi connectivity index (χ1) is 13.5. The van der Waals surface area contributed by atoms with Crippen LogP contribution in [0.1, 0.15) is 24.1 Å². The summed E-state index contributed by atoms with van der Waals surface area (Å²) >= 11 is 12.3. The number of hydrogen-bond donors (Lipinski definition) is 2. The second-order valence-electron chi connectivity index (χ2n) is 6.46. The Balaban J connectivity index is 1.79. The minimum Gasteiger partial charge on any atom is -0.326 e. The Morgan fingerprint density at radius 1 is 1.14 bits per heavy atom. The number of para-hydroxylation sites is 1. The number of carbonyl (C=O) groups excluding carboxylic acids is 1. The van der Waals surface area contributed by atoms with E-state index < -0.39 is 6.04 Å². The SMILES string of the molecule is CC1=C(C(=O)Nc2ccccc2C)C(c2ccc(Cl)c(Cl)c2)n2nnnc2N1. The van der Waals surface area contributed by atoms with Crippen molar-refractivity contribution in [1.82, 2.24) is 20.2 Å². The van der Waals surface area contributed by atoms with E-state index >= 15 is 0 Å². The first kappa shape index (κ1) is 18.5. The number of anilines is 2. The molecular formula is C19H16Cl2N6O. The number of allylic oxidation sites excluding steroid dienone is 1. The molecule has 0 saturated heterocycles. The third-order valence-electron chi connectivity index (χ3n) is 4.61. The van der Waals surface area contributed by atoms with Gasteiger partial charge in [-0.2, -0.15) is 4.68 Å². The van der Waals surface area contributed by atoms with Crippen LogP contribution in [0.3, 0.4) is 0 Å². The molecule has 142 valence electrons. The van der Waals surface area contributed by atoms with E-state index in [-0.39, 0.29) is 5.91 Å². The number of aryl methyl sites for hydroxylation is 1. The molecule has 1 atom stereocenters. The summed E-state index contributed by atoms with van der Waals surface area (Å²) in [5, 5.41) is 18.7. The lowest BCUT2D eigenvalue weighted by Gasteiger charge is -2.28. The van der Waals surface area contributed by atoms with Crippen molar-refractivity contribution in [3.05, 3.63) is 74.9 Å². The third-order valence-corrected chi connectivity index (χ3v) is 5.35. The fraction of sp³-hybridized carbons (Fsp3) is 0.158. The number of nitrogens with zero attached hydrogens (tertiary/aromatic N) is 4. The van der Waals surface area contributed by atoms with Crippen molar-refractivity contribution in [3.8, 4) is 0 Å². The van der Waals surface area contributed by atoms with Gasteiger partial charge in [0.05, 0.1) is 15.6 Å². The van der Waals surface area contributed by atoms with Gasteiger partial charge in [-0.3, -0.25) is 4.79 Å². The maximum absolute atomic E-state index is 13.2. The first-order valence-electron chi connectivity index (χ1n) is 8.53. The minimum absolute atomic E-state index is 0.253. The van der Waals surface area contributed by atoms with Crippen molar-refractivity contribution in [2.24, 2.45) is 0 Å². The van der Waals surface area contributed by atoms with E-state index in [1.54, 1.807) is 16.8 Å². The summed E-state index contributed by atoms with van der Waals surface area (Å²) in [7, 11) is 0. The summed E-state index contributed by atoms with van der Waals surface area (Å²) < 4.78 is 1.55. The van der Waals surface area contributed by atoms with Crippen molar-refractivity contribution in [3.63, 3.8) is 0 Å². The predicted octanol–water partition coefficient (Wildman–Crippen LogP) is 4.22. The molecule has 1 aromatic heterocycles. The van der Waals surface area contributed by atoms with Crippen LogP contribution in [-0.4, -0.2) is 26.1 Å². The van der Waals surface area contributed by atoms with Gasteiger partial charge >= 0.3 is 0 Å². The molecule has 2 heterocycles. The van der Waals surface area contributed by atoms with Gasteiger partial charge in [0.25, 0.3) is 5.91 Å². The molecule has 7 nitrogen and oxygen atoms in total. The first-order valence-corrected chi connectivity index (χ1v) is 9.29. The molecule has 0 fully saturated rings. The van der Waals surface area contributed by atoms with Gasteiger partial charge in [-0.25, -0.2) is 0 Å². The fourth-order valence-corrected chi connectivity index (χ4v) is 3.51. The molecule has 0 bridgehead atoms. The molecule has 1 amide bonds. The molecule has 1 aliphatic rings. The van der Waals surface area contributed by atoms with E-state index in [0.29, 0.717) is 27.3 Å². The number of aromatic nitrogens is 4. The van der Waals surface area contributed by atoms with E-state index in [1.807, 2.05) is 44.2 Å². The number of benzene rings is 2. The van der Waals surface area contributed by atoms with Crippen molar-refractivity contribution in [2.45, 2.75) is 19.9 Å². The highest BCUT2D eigenvalue weighted by Crippen LogP contribution is 2.37. The number of amides is 1. The standard InChI is InChI=1S/C19H16Cl2N6O/c1-10-5-3-4-6-15(10)23-18(28)16-11(2)22-19-24-25-26-27(19)17(16)12-7-8-13(20)14(21)9-12/h3-9,17H,1-2H3,(H,23,28)(H,22,24,26). The summed E-state index contributed by atoms with van der Waals surface area (Å²) in [4.78, 5) is 13.2. The zero-order valence-corrected chi connectivity index (χ0v) is 16.6. The van der Waals surface area contributed by atoms with Gasteiger partial charge in [-0.05, 0) is 53.6 Å². The summed E-state index contributed by atoms with van der Waals surface area (Å²) in [5.41, 5.74) is 3.60. The van der Waals surface area contributed by atoms with Crippen molar-refractivity contribution >= 4 is 40.7 Å². The second-order valence-corrected chi connectivity index (χ2v) is 7.27. The van der Waals surface area contributed by atoms with Crippen molar-refractivity contribution < 1.29 is 4.79 Å². The average Bonchev–Trinajstić information content (AvgIpc) is 3.12. The van der Waals surface area contributed by atoms with Crippen LogP contribution in [0.15, 0.2) is 53.7 Å². The molecule has 0 spiro atoms. The Bertz CT molecular complexity index is 1110. The maximum Gasteiger partial charge on any atom is 0.255 e. The highest BCUT2D eigenvalue weighted by atomic mass is 35.5. The Morgan fingerprint density at radius 2 is 1.93 bits per heavy atom. The van der Waals surface area contributed by atoms with Gasteiger partial charge in [0.1, 0.15) is 6.04 Å². The average molecular weight is 415 g/mol. The molecule has 3 aromatic rings. The van der Waals surface area contributed by atoms with E-state index in [2.05, 4.69) is 26.2 Å². The van der Waals surface area contributed by atoms with Crippen molar-refractivity contribution in [1.29, 1.82) is 0 Å². The molecule has 0 aliphatic carbocycles. The summed E-state index contributed by atoms with van der Waals surface area (Å²) in [6.45, 7) is 3.75. The molecule has 28 heavy (non-hydrogen) atoms. The lowest BCUT2D eigenvalue weighted by Crippen LogP contribution is -2.31. The van der Waals surface area contributed by atoms with Gasteiger partial charge < -0.3 is 10.6 Å². The smallest absolute Gasteiger partial charge is 0.255 e. The summed E-state index contributed by atoms with van der Waals surface area (Å²) in [6.07, 6.45) is 0. The van der Waals surface area contributed by atoms with Gasteiger partial charge in [-0.15, -0.1) is 0 Å². The van der Waals surface area contributed by atoms with Crippen LogP contribution in [0.4, 0.5) is 11.6 Å². The van der Waals surface area contributed by atoms with Crippen LogP contribution in [0, 0.1) is 6.92 Å². The van der Waals surface area contributed by atoms with Crippen LogP contribution in [0.25, 0.3) is 0 Å². The number of fused-ring (bicyclic) bond motifs is 1. The zero-order valence-electron chi connectivity index (χ0n) is 15.1. The van der Waals surface area contributed by atoms with Crippen LogP contribution in [0.2, 0.25) is 10.0 Å². The normalized spacial score (nSPS) is 15.8. The number of halogens is 2. The highest BCUT2D eigenvalue weighted by molar-refractivity contribution is 6.42. The molecule has 4 rings (SSSR count). The topological polar surface area (TPSA) is 84.7 Å². The third kappa shape index (κ3) is 3.23. The van der Waals surface area contributed by atoms with Gasteiger partial charge in [0.15, 0.2) is 0 Å². The zero-order chi connectivity index (χ0) is 19.8. The number of nitrogens with one attached hydrogen (secondary N) is 2. The monoisotopic (exact) mass is 414 g/mol. The summed E-state index contributed by atoms with van der Waals surface area (Å²) in [6, 6.07) is 12.3. The largest absolute Gasteiger partial charge is 0.326 e. The molecule has 2 aromatic carbocycles. The molecule has 1 unspecified atom stereocenters. The molecule has 2 N–H and O–H groups in total. The predicted molar refractivity (Wildman–Crippen MR) is 109 cm³/mol. The van der Waals surface area contributed by atoms with E-state index in [1.165, 1.54) is 0 Å². The molecule has 9 heteroatoms. The summed E-state index contributed by atoms with van der Waals surface area (Å²) in [5.74, 6) is 0.192. The van der Waals surface area contributed by atoms with Crippen molar-refractivity contribution in [2.75, 3.05) is 10.6 Å². The molecule has 0 radical (unpaired) electrons. The Labute approximate surface area is 171 Å². The number of hydrogen-bond acceptors (Lipinski definition) is 5. The number of rotatable bonds is 3. The lowest BCUT2D eigenvalue weighted by molar-refractivity contribution is -0.113. The van der Waals surface area contributed by atoms with Crippen LogP contribution >= 0.6 is 23.2 Å². The minimum atomic E-state index is -0.551. The number of tetrazole rings is 1.